The van der Waals surface area contributed by atoms with Gasteiger partial charge in [0.2, 0.25) is 0 Å². The van der Waals surface area contributed by atoms with Gasteiger partial charge in [-0.1, -0.05) is 41.6 Å². The van der Waals surface area contributed by atoms with Gasteiger partial charge < -0.3 is 0 Å². The summed E-state index contributed by atoms with van der Waals surface area (Å²) < 4.78 is 0. The van der Waals surface area contributed by atoms with E-state index < -0.39 is 0 Å². The Hall–Kier alpha value is -1.72. The zero-order valence-corrected chi connectivity index (χ0v) is 13.4. The SMILES string of the molecule is Cc1ccc(C(=O)[C@H](C)Sc2ncnc3sccc23)cc1. The number of rotatable bonds is 4. The van der Waals surface area contributed by atoms with Crippen LogP contribution in [0.15, 0.2) is 47.1 Å². The van der Waals surface area contributed by atoms with E-state index in [0.29, 0.717) is 0 Å². The van der Waals surface area contributed by atoms with Crippen LogP contribution >= 0.6 is 23.1 Å². The lowest BCUT2D eigenvalue weighted by atomic mass is 10.1. The Labute approximate surface area is 131 Å². The zero-order valence-electron chi connectivity index (χ0n) is 11.7. The molecule has 3 aromatic rings. The molecular weight excluding hydrogens is 300 g/mol. The highest BCUT2D eigenvalue weighted by Crippen LogP contribution is 2.31. The van der Waals surface area contributed by atoms with Crippen molar-refractivity contribution in [3.8, 4) is 0 Å². The number of Topliss-reactive ketones (excluding diaryl/α,β-unsaturated/α-hetero) is 1. The van der Waals surface area contributed by atoms with Crippen molar-refractivity contribution >= 4 is 39.1 Å². The summed E-state index contributed by atoms with van der Waals surface area (Å²) in [7, 11) is 0. The lowest BCUT2D eigenvalue weighted by Crippen LogP contribution is -2.13. The summed E-state index contributed by atoms with van der Waals surface area (Å²) in [5.41, 5.74) is 1.90. The van der Waals surface area contributed by atoms with E-state index in [0.717, 1.165) is 26.4 Å². The first kappa shape index (κ1) is 14.2. The van der Waals surface area contributed by atoms with E-state index in [1.807, 2.05) is 49.6 Å². The number of carbonyl (C=O) groups excluding carboxylic acids is 1. The summed E-state index contributed by atoms with van der Waals surface area (Å²) in [6.07, 6.45) is 1.56. The van der Waals surface area contributed by atoms with Gasteiger partial charge in [0.05, 0.1) is 5.25 Å². The number of hydrogen-bond donors (Lipinski definition) is 0. The molecule has 0 radical (unpaired) electrons. The molecule has 2 heterocycles. The normalized spacial score (nSPS) is 12.5. The average molecular weight is 314 g/mol. The Balaban J connectivity index is 1.82. The van der Waals surface area contributed by atoms with Crippen LogP contribution in [0.25, 0.3) is 10.2 Å². The second-order valence-corrected chi connectivity index (χ2v) is 7.03. The molecule has 106 valence electrons. The van der Waals surface area contributed by atoms with Crippen LogP contribution in [0.3, 0.4) is 0 Å². The summed E-state index contributed by atoms with van der Waals surface area (Å²) in [6, 6.07) is 9.70. The summed E-state index contributed by atoms with van der Waals surface area (Å²) in [6.45, 7) is 3.94. The van der Waals surface area contributed by atoms with Crippen molar-refractivity contribution in [1.29, 1.82) is 0 Å². The van der Waals surface area contributed by atoms with Gasteiger partial charge >= 0.3 is 0 Å². The molecule has 0 bridgehead atoms. The number of aryl methyl sites for hydroxylation is 1. The number of thioether (sulfide) groups is 1. The van der Waals surface area contributed by atoms with Gasteiger partial charge in [-0.3, -0.25) is 4.79 Å². The molecule has 0 fully saturated rings. The highest BCUT2D eigenvalue weighted by molar-refractivity contribution is 8.00. The maximum Gasteiger partial charge on any atom is 0.175 e. The molecule has 0 amide bonds. The van der Waals surface area contributed by atoms with E-state index in [2.05, 4.69) is 9.97 Å². The Morgan fingerprint density at radius 3 is 2.71 bits per heavy atom. The summed E-state index contributed by atoms with van der Waals surface area (Å²) in [5, 5.41) is 3.71. The number of benzene rings is 1. The van der Waals surface area contributed by atoms with Crippen LogP contribution in [0.2, 0.25) is 0 Å². The molecule has 0 aliphatic heterocycles. The van der Waals surface area contributed by atoms with Crippen molar-refractivity contribution in [2.45, 2.75) is 24.1 Å². The molecule has 21 heavy (non-hydrogen) atoms. The molecule has 0 saturated carbocycles. The van der Waals surface area contributed by atoms with Crippen LogP contribution in [0.1, 0.15) is 22.8 Å². The van der Waals surface area contributed by atoms with Crippen molar-refractivity contribution in [1.82, 2.24) is 9.97 Å². The molecule has 0 unspecified atom stereocenters. The quantitative estimate of drug-likeness (QED) is 0.407. The van der Waals surface area contributed by atoms with Gasteiger partial charge in [0, 0.05) is 10.9 Å². The topological polar surface area (TPSA) is 42.9 Å². The number of thiophene rings is 1. The smallest absolute Gasteiger partial charge is 0.175 e. The number of ketones is 1. The van der Waals surface area contributed by atoms with Gasteiger partial charge in [-0.25, -0.2) is 9.97 Å². The van der Waals surface area contributed by atoms with Gasteiger partial charge in [-0.15, -0.1) is 11.3 Å². The molecule has 1 aromatic carbocycles. The predicted octanol–water partition coefficient (Wildman–Crippen LogP) is 4.36. The second-order valence-electron chi connectivity index (χ2n) is 4.81. The molecule has 5 heteroatoms. The van der Waals surface area contributed by atoms with Gasteiger partial charge in [0.25, 0.3) is 0 Å². The number of aromatic nitrogens is 2. The number of carbonyl (C=O) groups is 1. The highest BCUT2D eigenvalue weighted by Gasteiger charge is 2.18. The third-order valence-electron chi connectivity index (χ3n) is 3.22. The minimum absolute atomic E-state index is 0.127. The van der Waals surface area contributed by atoms with E-state index in [-0.39, 0.29) is 11.0 Å². The van der Waals surface area contributed by atoms with Crippen LogP contribution in [0.5, 0.6) is 0 Å². The fourth-order valence-electron chi connectivity index (χ4n) is 2.03. The Bertz CT molecular complexity index is 780. The zero-order chi connectivity index (χ0) is 14.8. The third kappa shape index (κ3) is 2.99. The molecule has 0 spiro atoms. The third-order valence-corrected chi connectivity index (χ3v) is 5.16. The maximum absolute atomic E-state index is 12.5. The molecule has 0 N–H and O–H groups in total. The molecule has 3 rings (SSSR count). The van der Waals surface area contributed by atoms with Crippen LogP contribution in [0, 0.1) is 6.92 Å². The van der Waals surface area contributed by atoms with E-state index >= 15 is 0 Å². The molecule has 0 aliphatic rings. The Morgan fingerprint density at radius 2 is 1.95 bits per heavy atom. The van der Waals surface area contributed by atoms with Gasteiger partial charge in [0.15, 0.2) is 5.78 Å². The lowest BCUT2D eigenvalue weighted by molar-refractivity contribution is 0.0994. The van der Waals surface area contributed by atoms with Crippen molar-refractivity contribution in [2.75, 3.05) is 0 Å². The molecule has 0 saturated heterocycles. The first-order valence-corrected chi connectivity index (χ1v) is 8.37. The number of hydrogen-bond acceptors (Lipinski definition) is 5. The standard InChI is InChI=1S/C16H14N2OS2/c1-10-3-5-12(6-4-10)14(19)11(2)21-16-13-7-8-20-15(13)17-9-18-16/h3-9,11H,1-2H3/t11-/m0/s1. The van der Waals surface area contributed by atoms with Crippen LogP contribution < -0.4 is 0 Å². The average Bonchev–Trinajstić information content (AvgIpc) is 2.97. The Kier molecular flexibility index (Phi) is 4.03. The minimum Gasteiger partial charge on any atom is -0.293 e. The fourth-order valence-corrected chi connectivity index (χ4v) is 3.81. The fraction of sp³-hybridized carbons (Fsp3) is 0.188. The maximum atomic E-state index is 12.5. The number of nitrogens with zero attached hydrogens (tertiary/aromatic N) is 2. The van der Waals surface area contributed by atoms with E-state index in [9.17, 15) is 4.79 Å². The minimum atomic E-state index is -0.175. The van der Waals surface area contributed by atoms with Gasteiger partial charge in [-0.2, -0.15) is 0 Å². The van der Waals surface area contributed by atoms with Crippen LogP contribution in [-0.2, 0) is 0 Å². The first-order valence-electron chi connectivity index (χ1n) is 6.61. The van der Waals surface area contributed by atoms with Crippen molar-refractivity contribution < 1.29 is 4.79 Å². The predicted molar refractivity (Wildman–Crippen MR) is 88.2 cm³/mol. The Morgan fingerprint density at radius 1 is 1.19 bits per heavy atom. The van der Waals surface area contributed by atoms with Gasteiger partial charge in [0.1, 0.15) is 16.2 Å². The van der Waals surface area contributed by atoms with Crippen LogP contribution in [-0.4, -0.2) is 21.0 Å². The highest BCUT2D eigenvalue weighted by atomic mass is 32.2. The van der Waals surface area contributed by atoms with E-state index in [4.69, 9.17) is 0 Å². The number of fused-ring (bicyclic) bond motifs is 1. The second kappa shape index (κ2) is 5.95. The van der Waals surface area contributed by atoms with Crippen molar-refractivity contribution in [3.63, 3.8) is 0 Å². The lowest BCUT2D eigenvalue weighted by Gasteiger charge is -2.10. The van der Waals surface area contributed by atoms with E-state index in [1.54, 1.807) is 17.7 Å². The molecule has 3 nitrogen and oxygen atoms in total. The van der Waals surface area contributed by atoms with Crippen LogP contribution in [0.4, 0.5) is 0 Å². The molecular formula is C16H14N2OS2. The summed E-state index contributed by atoms with van der Waals surface area (Å²) in [5.74, 6) is 0.127. The monoisotopic (exact) mass is 314 g/mol. The molecule has 1 atom stereocenters. The molecule has 0 aliphatic carbocycles. The van der Waals surface area contributed by atoms with Crippen molar-refractivity contribution in [2.24, 2.45) is 0 Å². The molecule has 2 aromatic heterocycles. The first-order chi connectivity index (χ1) is 10.1. The summed E-state index contributed by atoms with van der Waals surface area (Å²) >= 11 is 3.08. The van der Waals surface area contributed by atoms with Gasteiger partial charge in [-0.05, 0) is 25.3 Å². The van der Waals surface area contributed by atoms with Crippen molar-refractivity contribution in [3.05, 3.63) is 53.2 Å². The largest absolute Gasteiger partial charge is 0.293 e. The van der Waals surface area contributed by atoms with E-state index in [1.165, 1.54) is 11.8 Å². The summed E-state index contributed by atoms with van der Waals surface area (Å²) in [4.78, 5) is 22.0.